The number of para-hydroxylation sites is 1. The Bertz CT molecular complexity index is 860. The Morgan fingerprint density at radius 2 is 1.93 bits per heavy atom. The van der Waals surface area contributed by atoms with Gasteiger partial charge >= 0.3 is 5.97 Å². The summed E-state index contributed by atoms with van der Waals surface area (Å²) in [6, 6.07) is 8.43. The maximum Gasteiger partial charge on any atom is 0.330 e. The number of hydrogen-bond donors (Lipinski definition) is 1. The number of esters is 1. The van der Waals surface area contributed by atoms with Gasteiger partial charge in [0.25, 0.3) is 5.91 Å². The van der Waals surface area contributed by atoms with Gasteiger partial charge in [0, 0.05) is 18.4 Å². The summed E-state index contributed by atoms with van der Waals surface area (Å²) in [7, 11) is 0. The average Bonchev–Trinajstić information content (AvgIpc) is 3.31. The minimum Gasteiger partial charge on any atom is -0.466 e. The molecule has 2 heterocycles. The number of nitrogens with zero attached hydrogens (tertiary/aromatic N) is 1. The summed E-state index contributed by atoms with van der Waals surface area (Å²) >= 11 is 1.42. The van der Waals surface area contributed by atoms with E-state index < -0.39 is 24.5 Å². The van der Waals surface area contributed by atoms with Gasteiger partial charge in [0.2, 0.25) is 5.91 Å². The van der Waals surface area contributed by atoms with Crippen molar-refractivity contribution in [3.63, 3.8) is 0 Å². The van der Waals surface area contributed by atoms with Crippen LogP contribution < -0.4 is 5.32 Å². The van der Waals surface area contributed by atoms with Crippen LogP contribution >= 0.6 is 11.8 Å². The molecule has 1 aromatic heterocycles. The molecule has 0 saturated carbocycles. The molecule has 1 aliphatic heterocycles. The molecule has 1 saturated heterocycles. The highest BCUT2D eigenvalue weighted by Gasteiger charge is 2.43. The first kappa shape index (κ1) is 20.0. The predicted molar refractivity (Wildman–Crippen MR) is 106 cm³/mol. The van der Waals surface area contributed by atoms with E-state index in [0.29, 0.717) is 17.2 Å². The Morgan fingerprint density at radius 3 is 2.54 bits per heavy atom. The quantitative estimate of drug-likeness (QED) is 0.774. The number of amides is 2. The van der Waals surface area contributed by atoms with Crippen molar-refractivity contribution in [1.82, 2.24) is 4.90 Å². The van der Waals surface area contributed by atoms with Crippen LogP contribution in [0.15, 0.2) is 41.0 Å². The molecule has 0 spiro atoms. The Hall–Kier alpha value is -2.74. The number of hydrogen-bond acceptors (Lipinski definition) is 6. The molecule has 1 fully saturated rings. The Labute approximate surface area is 167 Å². The number of anilines is 1. The molecule has 28 heavy (non-hydrogen) atoms. The number of nitrogens with one attached hydrogen (secondary N) is 1. The molecule has 8 heteroatoms. The maximum atomic E-state index is 12.5. The fourth-order valence-corrected chi connectivity index (χ4v) is 4.56. The van der Waals surface area contributed by atoms with Gasteiger partial charge in [-0.15, -0.1) is 11.8 Å². The van der Waals surface area contributed by atoms with Crippen LogP contribution in [0.5, 0.6) is 0 Å². The summed E-state index contributed by atoms with van der Waals surface area (Å²) in [4.78, 5) is 38.3. The van der Waals surface area contributed by atoms with Gasteiger partial charge in [-0.2, -0.15) is 0 Å². The van der Waals surface area contributed by atoms with Crippen LogP contribution in [0.4, 0.5) is 5.69 Å². The fraction of sp³-hybridized carbons (Fsp3) is 0.350. The third-order valence-corrected chi connectivity index (χ3v) is 5.80. The third kappa shape index (κ3) is 4.22. The first-order chi connectivity index (χ1) is 13.4. The number of benzene rings is 1. The number of rotatable bonds is 5. The second-order valence-electron chi connectivity index (χ2n) is 6.57. The monoisotopic (exact) mass is 402 g/mol. The minimum absolute atomic E-state index is 0.256. The maximum absolute atomic E-state index is 12.5. The lowest BCUT2D eigenvalue weighted by Gasteiger charge is -2.25. The molecular formula is C20H22N2O5S. The zero-order chi connectivity index (χ0) is 20.3. The van der Waals surface area contributed by atoms with E-state index in [4.69, 9.17) is 9.15 Å². The Balaban J connectivity index is 1.61. The van der Waals surface area contributed by atoms with Crippen molar-refractivity contribution in [2.75, 3.05) is 17.7 Å². The van der Waals surface area contributed by atoms with E-state index in [0.717, 1.165) is 11.1 Å². The molecule has 7 nitrogen and oxygen atoms in total. The third-order valence-electron chi connectivity index (χ3n) is 4.51. The highest BCUT2D eigenvalue weighted by atomic mass is 32.2. The Morgan fingerprint density at radius 1 is 1.21 bits per heavy atom. The number of ether oxygens (including phenoxy) is 1. The van der Waals surface area contributed by atoms with Crippen molar-refractivity contribution in [2.45, 2.75) is 32.2 Å². The van der Waals surface area contributed by atoms with Crippen molar-refractivity contribution < 1.29 is 23.5 Å². The van der Waals surface area contributed by atoms with Crippen LogP contribution in [0.25, 0.3) is 0 Å². The second-order valence-corrected chi connectivity index (χ2v) is 7.68. The normalized spacial score (nSPS) is 18.8. The van der Waals surface area contributed by atoms with Gasteiger partial charge in [-0.1, -0.05) is 18.2 Å². The smallest absolute Gasteiger partial charge is 0.330 e. The van der Waals surface area contributed by atoms with Crippen molar-refractivity contribution in [1.29, 1.82) is 0 Å². The zero-order valence-electron chi connectivity index (χ0n) is 15.9. The highest BCUT2D eigenvalue weighted by Crippen LogP contribution is 2.41. The first-order valence-electron chi connectivity index (χ1n) is 8.85. The summed E-state index contributed by atoms with van der Waals surface area (Å²) in [5.41, 5.74) is 2.56. The molecule has 2 amide bonds. The lowest BCUT2D eigenvalue weighted by atomic mass is 10.1. The number of carbonyl (C=O) groups is 3. The van der Waals surface area contributed by atoms with Gasteiger partial charge < -0.3 is 19.4 Å². The van der Waals surface area contributed by atoms with E-state index in [2.05, 4.69) is 5.32 Å². The van der Waals surface area contributed by atoms with Gasteiger partial charge in [0.05, 0.1) is 6.26 Å². The van der Waals surface area contributed by atoms with E-state index in [-0.39, 0.29) is 11.3 Å². The average molecular weight is 402 g/mol. The van der Waals surface area contributed by atoms with Crippen LogP contribution in [-0.2, 0) is 19.1 Å². The number of furan rings is 1. The lowest BCUT2D eigenvalue weighted by molar-refractivity contribution is -0.155. The molecule has 1 aliphatic rings. The van der Waals surface area contributed by atoms with Crippen LogP contribution in [0.3, 0.4) is 0 Å². The summed E-state index contributed by atoms with van der Waals surface area (Å²) in [5.74, 6) is -0.305. The minimum atomic E-state index is -0.759. The van der Waals surface area contributed by atoms with Crippen LogP contribution in [-0.4, -0.2) is 41.1 Å². The molecule has 3 rings (SSSR count). The SMILES string of the molecule is CC(=O)N1[C@@H](C(=O)OCC(=O)Nc2c(C)cccc2C)CS[C@H]1c1ccco1. The standard InChI is InChI=1S/C20H22N2O5S/c1-12-6-4-7-13(2)18(12)21-17(24)10-27-20(25)15-11-28-19(22(15)14(3)23)16-8-5-9-26-16/h4-9,15,19H,10-11H2,1-3H3,(H,21,24)/t15-,19+/m1/s1. The van der Waals surface area contributed by atoms with Crippen LogP contribution in [0, 0.1) is 13.8 Å². The predicted octanol–water partition coefficient (Wildman–Crippen LogP) is 3.04. The molecule has 0 unspecified atom stereocenters. The van der Waals surface area contributed by atoms with Crippen molar-refractivity contribution in [3.8, 4) is 0 Å². The van der Waals surface area contributed by atoms with Gasteiger partial charge in [-0.05, 0) is 37.1 Å². The van der Waals surface area contributed by atoms with E-state index in [1.54, 1.807) is 12.1 Å². The molecule has 2 atom stereocenters. The van der Waals surface area contributed by atoms with E-state index in [1.807, 2.05) is 32.0 Å². The van der Waals surface area contributed by atoms with Gasteiger partial charge in [-0.25, -0.2) is 4.79 Å². The summed E-state index contributed by atoms with van der Waals surface area (Å²) in [6.45, 7) is 4.77. The highest BCUT2D eigenvalue weighted by molar-refractivity contribution is 7.99. The first-order valence-corrected chi connectivity index (χ1v) is 9.90. The number of thioether (sulfide) groups is 1. The Kier molecular flexibility index (Phi) is 6.08. The van der Waals surface area contributed by atoms with Crippen LogP contribution in [0.2, 0.25) is 0 Å². The molecule has 0 bridgehead atoms. The molecular weight excluding hydrogens is 380 g/mol. The topological polar surface area (TPSA) is 88.8 Å². The van der Waals surface area contributed by atoms with E-state index in [9.17, 15) is 14.4 Å². The zero-order valence-corrected chi connectivity index (χ0v) is 16.7. The van der Waals surface area contributed by atoms with Crippen molar-refractivity contribution in [2.24, 2.45) is 0 Å². The van der Waals surface area contributed by atoms with Gasteiger partial charge in [0.1, 0.15) is 17.2 Å². The van der Waals surface area contributed by atoms with Crippen molar-refractivity contribution >= 4 is 35.2 Å². The fourth-order valence-electron chi connectivity index (χ4n) is 3.14. The van der Waals surface area contributed by atoms with E-state index >= 15 is 0 Å². The molecule has 2 aromatic rings. The summed E-state index contributed by atoms with van der Waals surface area (Å²) < 4.78 is 10.6. The van der Waals surface area contributed by atoms with Crippen LogP contribution in [0.1, 0.15) is 29.2 Å². The summed E-state index contributed by atoms with van der Waals surface area (Å²) in [6.07, 6.45) is 1.53. The van der Waals surface area contributed by atoms with Gasteiger partial charge in [-0.3, -0.25) is 9.59 Å². The summed E-state index contributed by atoms with van der Waals surface area (Å²) in [5, 5.41) is 2.39. The second kappa shape index (κ2) is 8.52. The molecule has 1 aromatic carbocycles. The lowest BCUT2D eigenvalue weighted by Crippen LogP contribution is -2.43. The number of carbonyl (C=O) groups excluding carboxylic acids is 3. The molecule has 148 valence electrons. The molecule has 1 N–H and O–H groups in total. The van der Waals surface area contributed by atoms with Gasteiger partial charge in [0.15, 0.2) is 6.61 Å². The van der Waals surface area contributed by atoms with Crippen molar-refractivity contribution in [3.05, 3.63) is 53.5 Å². The number of aryl methyl sites for hydroxylation is 2. The molecule has 0 radical (unpaired) electrons. The largest absolute Gasteiger partial charge is 0.466 e. The van der Waals surface area contributed by atoms with E-state index in [1.165, 1.54) is 29.8 Å². The molecule has 0 aliphatic carbocycles.